The number of aromatic carboxylic acids is 1. The van der Waals surface area contributed by atoms with Crippen molar-refractivity contribution < 1.29 is 9.90 Å². The summed E-state index contributed by atoms with van der Waals surface area (Å²) < 4.78 is 2.20. The van der Waals surface area contributed by atoms with E-state index in [9.17, 15) is 9.90 Å². The first-order chi connectivity index (χ1) is 9.65. The van der Waals surface area contributed by atoms with Crippen molar-refractivity contribution in [1.29, 1.82) is 0 Å². The summed E-state index contributed by atoms with van der Waals surface area (Å²) in [5.41, 5.74) is 2.04. The van der Waals surface area contributed by atoms with E-state index >= 15 is 0 Å². The summed E-state index contributed by atoms with van der Waals surface area (Å²) >= 11 is 0. The van der Waals surface area contributed by atoms with Gasteiger partial charge in [-0.3, -0.25) is 0 Å². The third-order valence-corrected chi connectivity index (χ3v) is 4.66. The molecule has 0 spiro atoms. The summed E-state index contributed by atoms with van der Waals surface area (Å²) in [6.07, 6.45) is 3.62. The first kappa shape index (κ1) is 11.9. The first-order valence-electron chi connectivity index (χ1n) is 7.37. The Balaban J connectivity index is 1.90. The van der Waals surface area contributed by atoms with Crippen LogP contribution in [0.25, 0.3) is 11.0 Å². The lowest BCUT2D eigenvalue weighted by molar-refractivity contribution is 0.0698. The second-order valence-electron chi connectivity index (χ2n) is 6.31. The van der Waals surface area contributed by atoms with Gasteiger partial charge in [0.2, 0.25) is 0 Å². The van der Waals surface area contributed by atoms with Crippen LogP contribution in [-0.4, -0.2) is 20.6 Å². The van der Waals surface area contributed by atoms with Crippen LogP contribution >= 0.6 is 0 Å². The molecular formula is C16H18N2O2. The Hall–Kier alpha value is -1.84. The van der Waals surface area contributed by atoms with Gasteiger partial charge in [0.1, 0.15) is 5.82 Å². The number of carbonyl (C=O) groups is 1. The molecule has 2 aromatic rings. The van der Waals surface area contributed by atoms with Gasteiger partial charge < -0.3 is 9.67 Å². The van der Waals surface area contributed by atoms with E-state index in [4.69, 9.17) is 4.98 Å². The molecule has 2 saturated carbocycles. The Bertz CT molecular complexity index is 700. The molecule has 1 N–H and O–H groups in total. The van der Waals surface area contributed by atoms with Crippen LogP contribution in [0.2, 0.25) is 0 Å². The average Bonchev–Trinajstić information content (AvgIpc) is 3.32. The van der Waals surface area contributed by atoms with Crippen molar-refractivity contribution in [3.05, 3.63) is 29.6 Å². The minimum Gasteiger partial charge on any atom is -0.478 e. The molecule has 1 heterocycles. The summed E-state index contributed by atoms with van der Waals surface area (Å²) in [6.45, 7) is 3.19. The van der Waals surface area contributed by atoms with Crippen molar-refractivity contribution in [2.75, 3.05) is 0 Å². The predicted octanol–water partition coefficient (Wildman–Crippen LogP) is 3.27. The normalized spacial score (nSPS) is 25.1. The summed E-state index contributed by atoms with van der Waals surface area (Å²) in [7, 11) is 0. The number of aromatic nitrogens is 2. The number of hydrogen-bond donors (Lipinski definition) is 1. The molecule has 1 aromatic heterocycles. The van der Waals surface area contributed by atoms with Crippen LogP contribution in [0.15, 0.2) is 18.2 Å². The maximum Gasteiger partial charge on any atom is 0.337 e. The van der Waals surface area contributed by atoms with Crippen LogP contribution in [0.1, 0.15) is 48.3 Å². The molecule has 0 bridgehead atoms. The maximum atomic E-state index is 11.5. The Morgan fingerprint density at radius 2 is 2.20 bits per heavy atom. The minimum absolute atomic E-state index is 0.384. The number of carboxylic acid groups (broad SMARTS) is 1. The second kappa shape index (κ2) is 4.08. The number of para-hydroxylation sites is 1. The summed E-state index contributed by atoms with van der Waals surface area (Å²) in [5.74, 6) is 2.23. The smallest absolute Gasteiger partial charge is 0.337 e. The Morgan fingerprint density at radius 1 is 1.45 bits per heavy atom. The fourth-order valence-electron chi connectivity index (χ4n) is 3.10. The molecule has 1 aromatic carbocycles. The van der Waals surface area contributed by atoms with Crippen molar-refractivity contribution in [2.24, 2.45) is 11.8 Å². The van der Waals surface area contributed by atoms with E-state index in [1.807, 2.05) is 6.07 Å². The molecule has 0 aliphatic heterocycles. The lowest BCUT2D eigenvalue weighted by Gasteiger charge is -2.09. The number of benzene rings is 1. The van der Waals surface area contributed by atoms with Gasteiger partial charge in [-0.2, -0.15) is 0 Å². The van der Waals surface area contributed by atoms with E-state index in [2.05, 4.69) is 11.5 Å². The van der Waals surface area contributed by atoms with Gasteiger partial charge in [-0.05, 0) is 43.2 Å². The molecule has 2 atom stereocenters. The zero-order valence-corrected chi connectivity index (χ0v) is 11.5. The molecule has 104 valence electrons. The zero-order valence-electron chi connectivity index (χ0n) is 11.5. The number of imidazole rings is 1. The standard InChI is InChI=1S/C16H18N2O2/c1-9-7-11(9)8-18-14-12(16(19)20)3-2-4-13(14)17-15(18)10-5-6-10/h2-4,9-11H,5-8H2,1H3,(H,19,20). The maximum absolute atomic E-state index is 11.5. The van der Waals surface area contributed by atoms with Crippen LogP contribution in [0.5, 0.6) is 0 Å². The van der Waals surface area contributed by atoms with Gasteiger partial charge in [-0.25, -0.2) is 9.78 Å². The molecule has 0 saturated heterocycles. The highest BCUT2D eigenvalue weighted by molar-refractivity contribution is 6.01. The lowest BCUT2D eigenvalue weighted by atomic mass is 10.2. The third-order valence-electron chi connectivity index (χ3n) is 4.66. The largest absolute Gasteiger partial charge is 0.478 e. The molecular weight excluding hydrogens is 252 g/mol. The van der Waals surface area contributed by atoms with E-state index in [0.29, 0.717) is 17.4 Å². The molecule has 4 heteroatoms. The zero-order chi connectivity index (χ0) is 13.9. The summed E-state index contributed by atoms with van der Waals surface area (Å²) in [5, 5.41) is 9.43. The van der Waals surface area contributed by atoms with Crippen LogP contribution in [-0.2, 0) is 6.54 Å². The van der Waals surface area contributed by atoms with E-state index in [1.165, 1.54) is 19.3 Å². The van der Waals surface area contributed by atoms with E-state index in [0.717, 1.165) is 29.3 Å². The van der Waals surface area contributed by atoms with Crippen molar-refractivity contribution in [2.45, 2.75) is 38.6 Å². The number of carboxylic acids is 1. The second-order valence-corrected chi connectivity index (χ2v) is 6.31. The van der Waals surface area contributed by atoms with Crippen molar-refractivity contribution in [3.8, 4) is 0 Å². The quantitative estimate of drug-likeness (QED) is 0.927. The van der Waals surface area contributed by atoms with Crippen LogP contribution in [0.4, 0.5) is 0 Å². The average molecular weight is 270 g/mol. The summed E-state index contributed by atoms with van der Waals surface area (Å²) in [4.78, 5) is 16.2. The molecule has 2 unspecified atom stereocenters. The highest BCUT2D eigenvalue weighted by Crippen LogP contribution is 2.44. The van der Waals surface area contributed by atoms with Gasteiger partial charge in [0.05, 0.1) is 16.6 Å². The number of hydrogen-bond acceptors (Lipinski definition) is 2. The number of nitrogens with zero attached hydrogens (tertiary/aromatic N) is 2. The molecule has 2 aliphatic carbocycles. The van der Waals surface area contributed by atoms with Gasteiger partial charge >= 0.3 is 5.97 Å². The Kier molecular flexibility index (Phi) is 2.43. The molecule has 4 nitrogen and oxygen atoms in total. The lowest BCUT2D eigenvalue weighted by Crippen LogP contribution is -2.08. The Labute approximate surface area is 117 Å². The van der Waals surface area contributed by atoms with Gasteiger partial charge in [0.25, 0.3) is 0 Å². The number of fused-ring (bicyclic) bond motifs is 1. The van der Waals surface area contributed by atoms with Gasteiger partial charge in [-0.1, -0.05) is 13.0 Å². The Morgan fingerprint density at radius 3 is 2.80 bits per heavy atom. The van der Waals surface area contributed by atoms with Crippen molar-refractivity contribution >= 4 is 17.0 Å². The topological polar surface area (TPSA) is 55.1 Å². The monoisotopic (exact) mass is 270 g/mol. The molecule has 0 amide bonds. The highest BCUT2D eigenvalue weighted by atomic mass is 16.4. The van der Waals surface area contributed by atoms with E-state index in [-0.39, 0.29) is 0 Å². The van der Waals surface area contributed by atoms with E-state index in [1.54, 1.807) is 12.1 Å². The van der Waals surface area contributed by atoms with Crippen molar-refractivity contribution in [3.63, 3.8) is 0 Å². The van der Waals surface area contributed by atoms with Gasteiger partial charge in [0.15, 0.2) is 0 Å². The van der Waals surface area contributed by atoms with E-state index < -0.39 is 5.97 Å². The first-order valence-corrected chi connectivity index (χ1v) is 7.37. The van der Waals surface area contributed by atoms with Gasteiger partial charge in [0, 0.05) is 12.5 Å². The fourth-order valence-corrected chi connectivity index (χ4v) is 3.10. The third kappa shape index (κ3) is 1.82. The summed E-state index contributed by atoms with van der Waals surface area (Å²) in [6, 6.07) is 5.41. The number of rotatable bonds is 4. The van der Waals surface area contributed by atoms with Crippen LogP contribution in [0, 0.1) is 11.8 Å². The van der Waals surface area contributed by atoms with Crippen LogP contribution < -0.4 is 0 Å². The fraction of sp³-hybridized carbons (Fsp3) is 0.500. The van der Waals surface area contributed by atoms with Crippen LogP contribution in [0.3, 0.4) is 0 Å². The predicted molar refractivity (Wildman–Crippen MR) is 75.9 cm³/mol. The molecule has 4 rings (SSSR count). The minimum atomic E-state index is -0.858. The highest BCUT2D eigenvalue weighted by Gasteiger charge is 2.36. The molecule has 20 heavy (non-hydrogen) atoms. The van der Waals surface area contributed by atoms with Gasteiger partial charge in [-0.15, -0.1) is 0 Å². The molecule has 2 fully saturated rings. The molecule has 2 aliphatic rings. The molecule has 0 radical (unpaired) electrons. The SMILES string of the molecule is CC1CC1Cn1c(C2CC2)nc2cccc(C(=O)O)c21. The van der Waals surface area contributed by atoms with Crippen molar-refractivity contribution in [1.82, 2.24) is 9.55 Å².